The second-order valence-electron chi connectivity index (χ2n) is 1.75. The van der Waals surface area contributed by atoms with Crippen molar-refractivity contribution in [1.82, 2.24) is 4.72 Å². The zero-order valence-electron chi connectivity index (χ0n) is 5.53. The molecular weight excluding hydrogens is 156 g/mol. The third kappa shape index (κ3) is 4.42. The molecule has 60 valence electrons. The Kier molecular flexibility index (Phi) is 4.17. The molecule has 0 spiro atoms. The average Bonchev–Trinajstić information content (AvgIpc) is 1.82. The maximum atomic E-state index is 10.3. The van der Waals surface area contributed by atoms with Crippen molar-refractivity contribution in [3.05, 3.63) is 0 Å². The van der Waals surface area contributed by atoms with Crippen molar-refractivity contribution >= 4 is 17.0 Å². The molecular formula is C4H10N2O3S. The topological polar surface area (TPSA) is 92.4 Å². The lowest BCUT2D eigenvalue weighted by Gasteiger charge is -2.04. The summed E-state index contributed by atoms with van der Waals surface area (Å²) in [5.74, 6) is -1.10. The molecule has 0 aromatic rings. The lowest BCUT2D eigenvalue weighted by Crippen LogP contribution is -2.40. The van der Waals surface area contributed by atoms with Crippen LogP contribution in [0, 0.1) is 0 Å². The minimum absolute atomic E-state index is 0.0262. The summed E-state index contributed by atoms with van der Waals surface area (Å²) in [7, 11) is -1.20. The van der Waals surface area contributed by atoms with Crippen LogP contribution in [0.2, 0.25) is 0 Å². The van der Waals surface area contributed by atoms with Gasteiger partial charge in [0.25, 0.3) is 0 Å². The largest absolute Gasteiger partial charge is 0.480 e. The van der Waals surface area contributed by atoms with Gasteiger partial charge in [-0.3, -0.25) is 4.79 Å². The van der Waals surface area contributed by atoms with E-state index in [-0.39, 0.29) is 6.54 Å². The van der Waals surface area contributed by atoms with E-state index >= 15 is 0 Å². The number of carboxylic acid groups (broad SMARTS) is 1. The van der Waals surface area contributed by atoms with Crippen molar-refractivity contribution in [2.75, 3.05) is 12.8 Å². The van der Waals surface area contributed by atoms with Gasteiger partial charge in [0, 0.05) is 12.8 Å². The number of carbonyl (C=O) groups is 1. The first-order chi connectivity index (χ1) is 4.54. The third-order valence-electron chi connectivity index (χ3n) is 0.824. The minimum atomic E-state index is -1.20. The number of aliphatic carboxylic acids is 1. The van der Waals surface area contributed by atoms with E-state index < -0.39 is 23.0 Å². The van der Waals surface area contributed by atoms with Gasteiger partial charge >= 0.3 is 5.97 Å². The molecule has 0 aliphatic heterocycles. The van der Waals surface area contributed by atoms with E-state index in [4.69, 9.17) is 10.8 Å². The monoisotopic (exact) mass is 166 g/mol. The first-order valence-corrected chi connectivity index (χ1v) is 4.15. The number of rotatable bonds is 4. The van der Waals surface area contributed by atoms with Crippen LogP contribution in [-0.2, 0) is 15.8 Å². The van der Waals surface area contributed by atoms with Crippen LogP contribution < -0.4 is 10.5 Å². The number of nitrogens with one attached hydrogen (secondary N) is 1. The van der Waals surface area contributed by atoms with Crippen LogP contribution in [0.1, 0.15) is 0 Å². The van der Waals surface area contributed by atoms with Crippen molar-refractivity contribution in [2.24, 2.45) is 5.73 Å². The van der Waals surface area contributed by atoms with Gasteiger partial charge in [-0.2, -0.15) is 0 Å². The fraction of sp³-hybridized carbons (Fsp3) is 0.750. The van der Waals surface area contributed by atoms with Gasteiger partial charge in [0.1, 0.15) is 6.04 Å². The molecule has 0 bridgehead atoms. The Morgan fingerprint density at radius 3 is 2.70 bits per heavy atom. The second-order valence-corrected chi connectivity index (χ2v) is 2.94. The molecule has 0 radical (unpaired) electrons. The Labute approximate surface area is 61.2 Å². The van der Waals surface area contributed by atoms with E-state index in [1.54, 1.807) is 0 Å². The molecule has 0 heterocycles. The molecule has 1 unspecified atom stereocenters. The maximum Gasteiger partial charge on any atom is 0.321 e. The summed E-state index contributed by atoms with van der Waals surface area (Å²) in [5, 5.41) is 8.23. The molecule has 5 nitrogen and oxygen atoms in total. The summed E-state index contributed by atoms with van der Waals surface area (Å²) >= 11 is 0. The van der Waals surface area contributed by atoms with E-state index in [9.17, 15) is 9.00 Å². The average molecular weight is 166 g/mol. The number of hydrogen-bond donors (Lipinski definition) is 3. The van der Waals surface area contributed by atoms with Crippen LogP contribution >= 0.6 is 0 Å². The predicted molar refractivity (Wildman–Crippen MR) is 37.7 cm³/mol. The SMILES string of the molecule is CS(=O)NC[C@H](N)C(=O)O. The lowest BCUT2D eigenvalue weighted by molar-refractivity contribution is -0.138. The van der Waals surface area contributed by atoms with Crippen molar-refractivity contribution < 1.29 is 14.1 Å². The smallest absolute Gasteiger partial charge is 0.321 e. The summed E-state index contributed by atoms with van der Waals surface area (Å²) in [5.41, 5.74) is 5.07. The molecule has 10 heavy (non-hydrogen) atoms. The standard InChI is InChI=1S/C4H10N2O3S/c1-10(9)6-2-3(5)4(7)8/h3,6H,2,5H2,1H3,(H,7,8)/t3-,10?/m0/s1. The van der Waals surface area contributed by atoms with Gasteiger partial charge < -0.3 is 10.8 Å². The molecule has 0 aliphatic rings. The Morgan fingerprint density at radius 2 is 2.40 bits per heavy atom. The van der Waals surface area contributed by atoms with E-state index in [1.165, 1.54) is 6.26 Å². The predicted octanol–water partition coefficient (Wildman–Crippen LogP) is -1.72. The van der Waals surface area contributed by atoms with Crippen molar-refractivity contribution in [3.63, 3.8) is 0 Å². The summed E-state index contributed by atoms with van der Waals surface area (Å²) in [6.07, 6.45) is 1.41. The van der Waals surface area contributed by atoms with Gasteiger partial charge in [0.05, 0.1) is 11.0 Å². The highest BCUT2D eigenvalue weighted by molar-refractivity contribution is 7.82. The Balaban J connectivity index is 3.49. The summed E-state index contributed by atoms with van der Waals surface area (Å²) < 4.78 is 12.7. The molecule has 0 rings (SSSR count). The molecule has 2 atom stereocenters. The van der Waals surface area contributed by atoms with Gasteiger partial charge in [0.15, 0.2) is 0 Å². The first-order valence-electron chi connectivity index (χ1n) is 2.59. The Morgan fingerprint density at radius 1 is 1.90 bits per heavy atom. The van der Waals surface area contributed by atoms with Crippen LogP contribution in [0.3, 0.4) is 0 Å². The zero-order valence-corrected chi connectivity index (χ0v) is 6.35. The normalized spacial score (nSPS) is 16.2. The maximum absolute atomic E-state index is 10.3. The zero-order chi connectivity index (χ0) is 8.15. The van der Waals surface area contributed by atoms with E-state index in [0.29, 0.717) is 0 Å². The van der Waals surface area contributed by atoms with Crippen LogP contribution in [0.25, 0.3) is 0 Å². The van der Waals surface area contributed by atoms with E-state index in [1.807, 2.05) is 0 Å². The summed E-state index contributed by atoms with van der Waals surface area (Å²) in [4.78, 5) is 10.0. The summed E-state index contributed by atoms with van der Waals surface area (Å²) in [6.45, 7) is 0.0262. The first kappa shape index (κ1) is 9.54. The molecule has 0 aromatic carbocycles. The van der Waals surface area contributed by atoms with Gasteiger partial charge in [-0.25, -0.2) is 8.93 Å². The molecule has 6 heteroatoms. The molecule has 4 N–H and O–H groups in total. The summed E-state index contributed by atoms with van der Waals surface area (Å²) in [6, 6.07) is -0.983. The number of carboxylic acids is 1. The van der Waals surface area contributed by atoms with E-state index in [2.05, 4.69) is 4.72 Å². The quantitative estimate of drug-likeness (QED) is 0.463. The van der Waals surface area contributed by atoms with Crippen molar-refractivity contribution in [1.29, 1.82) is 0 Å². The molecule has 0 saturated carbocycles. The lowest BCUT2D eigenvalue weighted by atomic mass is 10.3. The third-order valence-corrected chi connectivity index (χ3v) is 1.40. The number of nitrogens with two attached hydrogens (primary N) is 1. The molecule has 0 aliphatic carbocycles. The molecule has 0 saturated heterocycles. The second kappa shape index (κ2) is 4.37. The van der Waals surface area contributed by atoms with Crippen LogP contribution in [-0.4, -0.2) is 34.1 Å². The fourth-order valence-electron chi connectivity index (χ4n) is 0.294. The highest BCUT2D eigenvalue weighted by atomic mass is 32.2. The van der Waals surface area contributed by atoms with Crippen LogP contribution in [0.15, 0.2) is 0 Å². The Bertz CT molecular complexity index is 149. The molecule has 0 aromatic heterocycles. The van der Waals surface area contributed by atoms with Gasteiger partial charge in [-0.1, -0.05) is 0 Å². The van der Waals surface area contributed by atoms with Gasteiger partial charge in [-0.15, -0.1) is 0 Å². The van der Waals surface area contributed by atoms with Crippen LogP contribution in [0.5, 0.6) is 0 Å². The molecule has 0 amide bonds. The Hall–Kier alpha value is -0.460. The number of hydrogen-bond acceptors (Lipinski definition) is 3. The molecule has 0 fully saturated rings. The van der Waals surface area contributed by atoms with Crippen LogP contribution in [0.4, 0.5) is 0 Å². The van der Waals surface area contributed by atoms with Gasteiger partial charge in [-0.05, 0) is 0 Å². The van der Waals surface area contributed by atoms with E-state index in [0.717, 1.165) is 0 Å². The highest BCUT2D eigenvalue weighted by Gasteiger charge is 2.10. The van der Waals surface area contributed by atoms with Crippen molar-refractivity contribution in [3.8, 4) is 0 Å². The highest BCUT2D eigenvalue weighted by Crippen LogP contribution is 1.75. The van der Waals surface area contributed by atoms with Gasteiger partial charge in [0.2, 0.25) is 0 Å². The van der Waals surface area contributed by atoms with Crippen molar-refractivity contribution in [2.45, 2.75) is 6.04 Å². The minimum Gasteiger partial charge on any atom is -0.480 e. The fourth-order valence-corrected chi connectivity index (χ4v) is 0.709.